The Balaban J connectivity index is 2.18. The highest BCUT2D eigenvalue weighted by Crippen LogP contribution is 2.28. The van der Waals surface area contributed by atoms with Crippen LogP contribution in [0.1, 0.15) is 25.0 Å². The summed E-state index contributed by atoms with van der Waals surface area (Å²) in [6, 6.07) is 5.16. The number of nitrogens with zero attached hydrogens (tertiary/aromatic N) is 1. The average molecular weight is 338 g/mol. The van der Waals surface area contributed by atoms with Crippen molar-refractivity contribution in [3.05, 3.63) is 33.8 Å². The van der Waals surface area contributed by atoms with Crippen LogP contribution in [0.4, 0.5) is 0 Å². The van der Waals surface area contributed by atoms with Crippen molar-refractivity contribution in [3.8, 4) is 0 Å². The van der Waals surface area contributed by atoms with Crippen LogP contribution in [-0.2, 0) is 14.8 Å². The fourth-order valence-corrected chi connectivity index (χ4v) is 4.26. The maximum atomic E-state index is 12.1. The molecule has 1 heterocycles. The molecule has 0 amide bonds. The van der Waals surface area contributed by atoms with Crippen LogP contribution in [0.3, 0.4) is 0 Å². The lowest BCUT2D eigenvalue weighted by molar-refractivity contribution is -0.00253. The molecule has 1 aromatic carbocycles. The Kier molecular flexibility index (Phi) is 5.31. The predicted molar refractivity (Wildman–Crippen MR) is 80.8 cm³/mol. The molecule has 4 nitrogen and oxygen atoms in total. The van der Waals surface area contributed by atoms with Crippen molar-refractivity contribution in [2.75, 3.05) is 25.4 Å². The molecule has 0 radical (unpaired) electrons. The van der Waals surface area contributed by atoms with Crippen LogP contribution in [0.2, 0.25) is 10.0 Å². The average Bonchev–Trinajstić information content (AvgIpc) is 2.38. The molecular weight excluding hydrogens is 321 g/mol. The number of halogens is 2. The normalized spacial score (nSPS) is 21.1. The zero-order valence-corrected chi connectivity index (χ0v) is 13.5. The zero-order chi connectivity index (χ0) is 14.8. The zero-order valence-electron chi connectivity index (χ0n) is 11.2. The molecule has 1 fully saturated rings. The highest BCUT2D eigenvalue weighted by atomic mass is 35.5. The van der Waals surface area contributed by atoms with Crippen molar-refractivity contribution in [2.24, 2.45) is 0 Å². The van der Waals surface area contributed by atoms with Crippen LogP contribution in [0.5, 0.6) is 0 Å². The summed E-state index contributed by atoms with van der Waals surface area (Å²) in [5.74, 6) is 0.163. The molecule has 112 valence electrons. The smallest absolute Gasteiger partial charge is 0.214 e. The maximum absolute atomic E-state index is 12.1. The van der Waals surface area contributed by atoms with Crippen LogP contribution >= 0.6 is 23.2 Å². The summed E-state index contributed by atoms with van der Waals surface area (Å²) in [7, 11) is -3.21. The van der Waals surface area contributed by atoms with E-state index in [4.69, 9.17) is 27.9 Å². The summed E-state index contributed by atoms with van der Waals surface area (Å²) in [6.45, 7) is 2.93. The number of sulfonamides is 1. The van der Waals surface area contributed by atoms with Crippen LogP contribution < -0.4 is 0 Å². The molecule has 1 atom stereocenters. The molecule has 1 saturated heterocycles. The molecule has 0 aliphatic carbocycles. The topological polar surface area (TPSA) is 46.6 Å². The van der Waals surface area contributed by atoms with Gasteiger partial charge in [0.2, 0.25) is 10.0 Å². The van der Waals surface area contributed by atoms with Gasteiger partial charge in [0, 0.05) is 23.1 Å². The SMILES string of the molecule is CCCS(=O)(=O)N1CCOC(c2cc(Cl)cc(Cl)c2)C1. The summed E-state index contributed by atoms with van der Waals surface area (Å²) in [6.07, 6.45) is 0.277. The largest absolute Gasteiger partial charge is 0.371 e. The maximum Gasteiger partial charge on any atom is 0.214 e. The Labute approximate surface area is 129 Å². The summed E-state index contributed by atoms with van der Waals surface area (Å²) >= 11 is 11.9. The minimum Gasteiger partial charge on any atom is -0.371 e. The Hall–Kier alpha value is -0.330. The summed E-state index contributed by atoms with van der Waals surface area (Å²) in [5.41, 5.74) is 0.805. The van der Waals surface area contributed by atoms with Crippen molar-refractivity contribution >= 4 is 33.2 Å². The minimum atomic E-state index is -3.21. The lowest BCUT2D eigenvalue weighted by Crippen LogP contribution is -2.43. The summed E-state index contributed by atoms with van der Waals surface area (Å²) in [4.78, 5) is 0. The van der Waals surface area contributed by atoms with Gasteiger partial charge in [0.05, 0.1) is 18.5 Å². The van der Waals surface area contributed by atoms with Gasteiger partial charge in [-0.1, -0.05) is 30.1 Å². The highest BCUT2D eigenvalue weighted by molar-refractivity contribution is 7.89. The molecule has 1 aliphatic heterocycles. The molecule has 1 aliphatic rings. The summed E-state index contributed by atoms with van der Waals surface area (Å²) in [5, 5.41) is 1.04. The van der Waals surface area contributed by atoms with Gasteiger partial charge in [-0.15, -0.1) is 0 Å². The second-order valence-corrected chi connectivity index (χ2v) is 7.70. The Morgan fingerprint density at radius 3 is 2.55 bits per heavy atom. The third-order valence-electron chi connectivity index (χ3n) is 3.14. The third kappa shape index (κ3) is 3.86. The van der Waals surface area contributed by atoms with Crippen LogP contribution in [0.25, 0.3) is 0 Å². The number of morpholine rings is 1. The Morgan fingerprint density at radius 1 is 1.30 bits per heavy atom. The van der Waals surface area contributed by atoms with Gasteiger partial charge in [-0.3, -0.25) is 0 Å². The van der Waals surface area contributed by atoms with E-state index in [-0.39, 0.29) is 11.9 Å². The van der Waals surface area contributed by atoms with E-state index in [0.29, 0.717) is 36.2 Å². The van der Waals surface area contributed by atoms with Gasteiger partial charge in [0.1, 0.15) is 0 Å². The van der Waals surface area contributed by atoms with E-state index in [1.165, 1.54) is 4.31 Å². The molecule has 0 spiro atoms. The minimum absolute atomic E-state index is 0.163. The van der Waals surface area contributed by atoms with Gasteiger partial charge in [0.25, 0.3) is 0 Å². The number of ether oxygens (including phenoxy) is 1. The van der Waals surface area contributed by atoms with E-state index >= 15 is 0 Å². The first-order chi connectivity index (χ1) is 9.42. The van der Waals surface area contributed by atoms with Gasteiger partial charge in [-0.2, -0.15) is 4.31 Å². The van der Waals surface area contributed by atoms with E-state index in [1.54, 1.807) is 18.2 Å². The van der Waals surface area contributed by atoms with Gasteiger partial charge >= 0.3 is 0 Å². The van der Waals surface area contributed by atoms with Crippen LogP contribution in [-0.4, -0.2) is 38.2 Å². The molecule has 1 aromatic rings. The van der Waals surface area contributed by atoms with E-state index < -0.39 is 10.0 Å². The lowest BCUT2D eigenvalue weighted by atomic mass is 10.1. The predicted octanol–water partition coefficient (Wildman–Crippen LogP) is 3.11. The lowest BCUT2D eigenvalue weighted by Gasteiger charge is -2.32. The van der Waals surface area contributed by atoms with Crippen molar-refractivity contribution in [3.63, 3.8) is 0 Å². The fraction of sp³-hybridized carbons (Fsp3) is 0.538. The fourth-order valence-electron chi connectivity index (χ4n) is 2.23. The molecule has 7 heteroatoms. The van der Waals surface area contributed by atoms with E-state index in [2.05, 4.69) is 0 Å². The van der Waals surface area contributed by atoms with E-state index in [1.807, 2.05) is 6.92 Å². The molecule has 1 unspecified atom stereocenters. The quantitative estimate of drug-likeness (QED) is 0.847. The Morgan fingerprint density at radius 2 is 1.95 bits per heavy atom. The van der Waals surface area contributed by atoms with Crippen LogP contribution in [0.15, 0.2) is 18.2 Å². The van der Waals surface area contributed by atoms with Gasteiger partial charge in [-0.25, -0.2) is 8.42 Å². The van der Waals surface area contributed by atoms with Crippen molar-refractivity contribution in [1.82, 2.24) is 4.31 Å². The van der Waals surface area contributed by atoms with E-state index in [9.17, 15) is 8.42 Å². The monoisotopic (exact) mass is 337 g/mol. The molecule has 0 saturated carbocycles. The molecule has 20 heavy (non-hydrogen) atoms. The highest BCUT2D eigenvalue weighted by Gasteiger charge is 2.29. The number of rotatable bonds is 4. The first-order valence-corrected chi connectivity index (χ1v) is 8.84. The van der Waals surface area contributed by atoms with Crippen molar-refractivity contribution in [2.45, 2.75) is 19.4 Å². The summed E-state index contributed by atoms with van der Waals surface area (Å²) < 4.78 is 31.4. The van der Waals surface area contributed by atoms with Gasteiger partial charge < -0.3 is 4.74 Å². The second kappa shape index (κ2) is 6.62. The third-order valence-corrected chi connectivity index (χ3v) is 5.62. The Bertz CT molecular complexity index is 557. The number of hydrogen-bond donors (Lipinski definition) is 0. The molecule has 0 bridgehead atoms. The van der Waals surface area contributed by atoms with Crippen molar-refractivity contribution < 1.29 is 13.2 Å². The molecule has 0 aromatic heterocycles. The molecule has 0 N–H and O–H groups in total. The van der Waals surface area contributed by atoms with Crippen molar-refractivity contribution in [1.29, 1.82) is 0 Å². The standard InChI is InChI=1S/C13H17Cl2NO3S/c1-2-5-20(17,18)16-3-4-19-13(9-16)10-6-11(14)8-12(15)7-10/h6-8,13H,2-5,9H2,1H3. The van der Waals surface area contributed by atoms with E-state index in [0.717, 1.165) is 5.56 Å². The first kappa shape index (κ1) is 16.0. The number of hydrogen-bond acceptors (Lipinski definition) is 3. The van der Waals surface area contributed by atoms with Crippen LogP contribution in [0, 0.1) is 0 Å². The van der Waals surface area contributed by atoms with Gasteiger partial charge in [-0.05, 0) is 30.2 Å². The number of benzene rings is 1. The molecule has 2 rings (SSSR count). The van der Waals surface area contributed by atoms with Gasteiger partial charge in [0.15, 0.2) is 0 Å². The second-order valence-electron chi connectivity index (χ2n) is 4.74. The molecular formula is C13H17Cl2NO3S. The first-order valence-electron chi connectivity index (χ1n) is 6.48.